The second kappa shape index (κ2) is 14.8. The van der Waals surface area contributed by atoms with Gasteiger partial charge in [0.05, 0.1) is 16.8 Å². The average molecular weight is 807 g/mol. The molecular weight excluding hydrogens is 769 g/mol. The van der Waals surface area contributed by atoms with Crippen LogP contribution in [0.2, 0.25) is 0 Å². The van der Waals surface area contributed by atoms with E-state index in [0.29, 0.717) is 5.82 Å². The van der Waals surface area contributed by atoms with Gasteiger partial charge in [-0.2, -0.15) is 0 Å². The molecular formula is C59H38N2S. The Bertz CT molecular complexity index is 3390. The van der Waals surface area contributed by atoms with E-state index in [-0.39, 0.29) is 0 Å². The maximum absolute atomic E-state index is 5.20. The lowest BCUT2D eigenvalue weighted by Crippen LogP contribution is -2.29. The molecule has 0 aliphatic heterocycles. The molecule has 1 aliphatic rings. The van der Waals surface area contributed by atoms with Crippen LogP contribution >= 0.6 is 11.3 Å². The van der Waals surface area contributed by atoms with Gasteiger partial charge in [0, 0.05) is 36.9 Å². The Balaban J connectivity index is 0.964. The second-order valence-electron chi connectivity index (χ2n) is 16.0. The number of rotatable bonds is 7. The third kappa shape index (κ3) is 5.78. The smallest absolute Gasteiger partial charge is 0.160 e. The third-order valence-corrected chi connectivity index (χ3v) is 13.8. The molecule has 9 aromatic carbocycles. The number of hydrogen-bond donors (Lipinski definition) is 0. The van der Waals surface area contributed by atoms with Gasteiger partial charge in [-0.25, -0.2) is 9.97 Å². The van der Waals surface area contributed by atoms with Gasteiger partial charge in [-0.3, -0.25) is 0 Å². The van der Waals surface area contributed by atoms with Crippen molar-refractivity contribution in [2.75, 3.05) is 0 Å². The standard InChI is InChI=1S/C59H38N2S/c1-4-16-43(17-5-1)58-60-53(38-54(61-58)42-36-32-40(33-37-42)47-25-15-27-51-49-23-11-13-29-55(49)62-57(47)51)41-34-30-39(31-35-41)46-24-14-26-50-48-22-10-12-28-52(48)59(56(46)50,44-18-6-2-7-19-44)45-20-8-3-9-21-45/h1-38H. The fraction of sp³-hybridized carbons (Fsp3) is 0.0169. The van der Waals surface area contributed by atoms with E-state index < -0.39 is 5.41 Å². The molecule has 0 spiro atoms. The summed E-state index contributed by atoms with van der Waals surface area (Å²) in [4.78, 5) is 10.4. The Morgan fingerprint density at radius 3 is 1.50 bits per heavy atom. The first-order valence-electron chi connectivity index (χ1n) is 21.1. The third-order valence-electron chi connectivity index (χ3n) is 12.6. The van der Waals surface area contributed by atoms with E-state index >= 15 is 0 Å². The predicted molar refractivity (Wildman–Crippen MR) is 259 cm³/mol. The Kier molecular flexibility index (Phi) is 8.62. The molecule has 0 N–H and O–H groups in total. The maximum atomic E-state index is 5.20. The van der Waals surface area contributed by atoms with Crippen molar-refractivity contribution in [3.63, 3.8) is 0 Å². The Hall–Kier alpha value is -7.72. The topological polar surface area (TPSA) is 25.8 Å². The van der Waals surface area contributed by atoms with Crippen LogP contribution < -0.4 is 0 Å². The van der Waals surface area contributed by atoms with Crippen molar-refractivity contribution in [1.82, 2.24) is 9.97 Å². The fourth-order valence-corrected chi connectivity index (χ4v) is 11.1. The Morgan fingerprint density at radius 1 is 0.339 bits per heavy atom. The summed E-state index contributed by atoms with van der Waals surface area (Å²) >= 11 is 1.86. The summed E-state index contributed by atoms with van der Waals surface area (Å²) in [5.41, 5.74) is 16.9. The minimum atomic E-state index is -0.490. The highest BCUT2D eigenvalue weighted by molar-refractivity contribution is 7.26. The van der Waals surface area contributed by atoms with Crippen LogP contribution in [0.25, 0.3) is 87.5 Å². The molecule has 12 rings (SSSR count). The van der Waals surface area contributed by atoms with Crippen molar-refractivity contribution in [3.8, 4) is 67.3 Å². The number of hydrogen-bond acceptors (Lipinski definition) is 3. The number of thiophene rings is 1. The van der Waals surface area contributed by atoms with E-state index in [4.69, 9.17) is 9.97 Å². The zero-order chi connectivity index (χ0) is 41.0. The van der Waals surface area contributed by atoms with E-state index in [1.165, 1.54) is 70.2 Å². The molecule has 290 valence electrons. The molecule has 3 heteroatoms. The molecule has 2 aromatic heterocycles. The number of nitrogens with zero attached hydrogens (tertiary/aromatic N) is 2. The molecule has 0 unspecified atom stereocenters. The number of benzene rings is 9. The van der Waals surface area contributed by atoms with Gasteiger partial charge < -0.3 is 0 Å². The van der Waals surface area contributed by atoms with Crippen LogP contribution in [0, 0.1) is 0 Å². The van der Waals surface area contributed by atoms with Gasteiger partial charge in [0.25, 0.3) is 0 Å². The van der Waals surface area contributed by atoms with Crippen LogP contribution in [0.1, 0.15) is 22.3 Å². The lowest BCUT2D eigenvalue weighted by molar-refractivity contribution is 0.770. The summed E-state index contributed by atoms with van der Waals surface area (Å²) in [7, 11) is 0. The van der Waals surface area contributed by atoms with Crippen molar-refractivity contribution in [1.29, 1.82) is 0 Å². The SMILES string of the molecule is c1ccc(-c2nc(-c3ccc(-c4cccc5c4C(c4ccccc4)(c4ccccc4)c4ccccc4-5)cc3)cc(-c3ccc(-c4cccc5c4sc4ccccc45)cc3)n2)cc1. The van der Waals surface area contributed by atoms with E-state index in [2.05, 4.69) is 212 Å². The van der Waals surface area contributed by atoms with Crippen LogP contribution in [-0.2, 0) is 5.41 Å². The fourth-order valence-electron chi connectivity index (χ4n) is 9.82. The van der Waals surface area contributed by atoms with Crippen LogP contribution in [0.3, 0.4) is 0 Å². The maximum Gasteiger partial charge on any atom is 0.160 e. The molecule has 0 saturated carbocycles. The molecule has 0 bridgehead atoms. The summed E-state index contributed by atoms with van der Waals surface area (Å²) in [5.74, 6) is 0.704. The lowest BCUT2D eigenvalue weighted by Gasteiger charge is -2.35. The molecule has 0 fully saturated rings. The molecule has 0 saturated heterocycles. The average Bonchev–Trinajstić information content (AvgIpc) is 3.89. The van der Waals surface area contributed by atoms with Gasteiger partial charge in [-0.05, 0) is 67.8 Å². The normalized spacial score (nSPS) is 12.6. The van der Waals surface area contributed by atoms with Crippen molar-refractivity contribution in [2.24, 2.45) is 0 Å². The lowest BCUT2D eigenvalue weighted by atomic mass is 9.66. The summed E-state index contributed by atoms with van der Waals surface area (Å²) in [5, 5.41) is 2.62. The molecule has 2 nitrogen and oxygen atoms in total. The Morgan fingerprint density at radius 2 is 0.823 bits per heavy atom. The van der Waals surface area contributed by atoms with Crippen molar-refractivity contribution >= 4 is 31.5 Å². The van der Waals surface area contributed by atoms with Crippen molar-refractivity contribution in [3.05, 3.63) is 253 Å². The minimum absolute atomic E-state index is 0.490. The second-order valence-corrected chi connectivity index (χ2v) is 17.1. The highest BCUT2D eigenvalue weighted by atomic mass is 32.1. The molecule has 1 aliphatic carbocycles. The summed E-state index contributed by atoms with van der Waals surface area (Å²) in [6, 6.07) is 83.4. The largest absolute Gasteiger partial charge is 0.228 e. The van der Waals surface area contributed by atoms with Crippen LogP contribution in [-0.4, -0.2) is 9.97 Å². The van der Waals surface area contributed by atoms with Gasteiger partial charge >= 0.3 is 0 Å². The highest BCUT2D eigenvalue weighted by Crippen LogP contribution is 2.58. The van der Waals surface area contributed by atoms with E-state index in [9.17, 15) is 0 Å². The first-order chi connectivity index (χ1) is 30.7. The van der Waals surface area contributed by atoms with Gasteiger partial charge in [0.1, 0.15) is 0 Å². The first-order valence-corrected chi connectivity index (χ1v) is 22.0. The molecule has 0 atom stereocenters. The number of fused-ring (bicyclic) bond motifs is 6. The molecule has 0 radical (unpaired) electrons. The molecule has 0 amide bonds. The van der Waals surface area contributed by atoms with Crippen molar-refractivity contribution < 1.29 is 0 Å². The highest BCUT2D eigenvalue weighted by Gasteiger charge is 2.47. The van der Waals surface area contributed by atoms with Gasteiger partial charge in [0.2, 0.25) is 0 Å². The predicted octanol–water partition coefficient (Wildman–Crippen LogP) is 15.5. The quantitative estimate of drug-likeness (QED) is 0.160. The first kappa shape index (κ1) is 36.2. The zero-order valence-corrected chi connectivity index (χ0v) is 34.6. The minimum Gasteiger partial charge on any atom is -0.228 e. The molecule has 62 heavy (non-hydrogen) atoms. The summed E-state index contributed by atoms with van der Waals surface area (Å²) in [6.45, 7) is 0. The van der Waals surface area contributed by atoms with Gasteiger partial charge in [-0.15, -0.1) is 11.3 Å². The van der Waals surface area contributed by atoms with Gasteiger partial charge in [0.15, 0.2) is 5.82 Å². The van der Waals surface area contributed by atoms with E-state index in [1.54, 1.807) is 0 Å². The summed E-state index contributed by atoms with van der Waals surface area (Å²) < 4.78 is 2.63. The zero-order valence-electron chi connectivity index (χ0n) is 33.7. The van der Waals surface area contributed by atoms with Crippen LogP contribution in [0.5, 0.6) is 0 Å². The monoisotopic (exact) mass is 806 g/mol. The van der Waals surface area contributed by atoms with E-state index in [0.717, 1.165) is 33.6 Å². The van der Waals surface area contributed by atoms with Gasteiger partial charge in [-0.1, -0.05) is 218 Å². The Labute approximate surface area is 365 Å². The number of aromatic nitrogens is 2. The van der Waals surface area contributed by atoms with Crippen LogP contribution in [0.15, 0.2) is 231 Å². The van der Waals surface area contributed by atoms with Crippen molar-refractivity contribution in [2.45, 2.75) is 5.41 Å². The summed E-state index contributed by atoms with van der Waals surface area (Å²) in [6.07, 6.45) is 0. The van der Waals surface area contributed by atoms with E-state index in [1.807, 2.05) is 29.5 Å². The van der Waals surface area contributed by atoms with Crippen LogP contribution in [0.4, 0.5) is 0 Å². The molecule has 11 aromatic rings. The molecule has 2 heterocycles.